The normalized spacial score (nSPS) is 44.9. The molecule has 6 aliphatic heterocycles. The molecule has 7 heteroatoms. The Balaban J connectivity index is 1.14. The highest BCUT2D eigenvalue weighted by Gasteiger charge is 2.67. The zero-order valence-corrected chi connectivity index (χ0v) is 16.7. The first-order valence-corrected chi connectivity index (χ1v) is 11.1. The molecule has 1 spiro atoms. The Kier molecular flexibility index (Phi) is 3.44. The highest BCUT2D eigenvalue weighted by molar-refractivity contribution is 5.93. The van der Waals surface area contributed by atoms with Crippen molar-refractivity contribution in [3.63, 3.8) is 0 Å². The van der Waals surface area contributed by atoms with Crippen molar-refractivity contribution in [3.05, 3.63) is 42.2 Å². The van der Waals surface area contributed by atoms with Gasteiger partial charge in [0.2, 0.25) is 11.8 Å². The lowest BCUT2D eigenvalue weighted by Gasteiger charge is -2.28. The van der Waals surface area contributed by atoms with E-state index in [1.54, 1.807) is 12.4 Å². The molecular weight excluding hydrogens is 382 g/mol. The van der Waals surface area contributed by atoms with Gasteiger partial charge in [-0.15, -0.1) is 0 Å². The molecule has 0 saturated carbocycles. The maximum atomic E-state index is 13.6. The van der Waals surface area contributed by atoms with Gasteiger partial charge < -0.3 is 19.3 Å². The van der Waals surface area contributed by atoms with Crippen LogP contribution in [0.2, 0.25) is 0 Å². The summed E-state index contributed by atoms with van der Waals surface area (Å²) in [5.74, 6) is 0.258. The van der Waals surface area contributed by atoms with Crippen LogP contribution in [-0.2, 0) is 25.6 Å². The molecule has 4 bridgehead atoms. The predicted octanol–water partition coefficient (Wildman–Crippen LogP) is 0.999. The highest BCUT2D eigenvalue weighted by atomic mass is 16.5. The third-order valence-electron chi connectivity index (χ3n) is 8.32. The van der Waals surface area contributed by atoms with Crippen LogP contribution in [0.1, 0.15) is 18.4 Å². The van der Waals surface area contributed by atoms with Crippen LogP contribution in [0.4, 0.5) is 0 Å². The number of fused-ring (bicyclic) bond motifs is 6. The number of rotatable bonds is 3. The molecule has 0 aliphatic carbocycles. The molecule has 30 heavy (non-hydrogen) atoms. The summed E-state index contributed by atoms with van der Waals surface area (Å²) >= 11 is 0. The summed E-state index contributed by atoms with van der Waals surface area (Å²) in [6.45, 7) is 2.55. The summed E-state index contributed by atoms with van der Waals surface area (Å²) in [6, 6.07) is 3.85. The molecule has 7 nitrogen and oxygen atoms in total. The van der Waals surface area contributed by atoms with Gasteiger partial charge in [0.1, 0.15) is 5.60 Å². The Morgan fingerprint density at radius 2 is 2.03 bits per heavy atom. The molecule has 2 amide bonds. The Morgan fingerprint density at radius 1 is 1.23 bits per heavy atom. The fraction of sp³-hybridized carbons (Fsp3) is 0.609. The Labute approximate surface area is 175 Å². The number of hydrogen-bond acceptors (Lipinski definition) is 5. The minimum atomic E-state index is -0.651. The van der Waals surface area contributed by atoms with E-state index in [9.17, 15) is 9.59 Å². The van der Waals surface area contributed by atoms with Gasteiger partial charge in [-0.05, 0) is 24.5 Å². The molecule has 8 atom stereocenters. The van der Waals surface area contributed by atoms with Crippen LogP contribution >= 0.6 is 0 Å². The molecule has 5 fully saturated rings. The van der Waals surface area contributed by atoms with Crippen molar-refractivity contribution in [2.45, 2.75) is 43.3 Å². The standard InChI is InChI=1S/C23H25N3O4/c27-21(25-10-14-15(11-25)17-4-3-16(14)29-17)19-18-5-6-23(30-18)12-26(22(28)20(19)23)9-13-2-1-7-24-8-13/h1-2,5-8,14-20H,3-4,9-12H2/t14-,15+,16+,17-,18-,19-,20+,23-/m0/s1. The lowest BCUT2D eigenvalue weighted by atomic mass is 9.76. The lowest BCUT2D eigenvalue weighted by Crippen LogP contribution is -2.45. The van der Waals surface area contributed by atoms with Gasteiger partial charge in [-0.2, -0.15) is 0 Å². The fourth-order valence-electron chi connectivity index (χ4n) is 7.06. The minimum Gasteiger partial charge on any atom is -0.374 e. The van der Waals surface area contributed by atoms with Gasteiger partial charge in [0.05, 0.1) is 36.7 Å². The number of hydrogen-bond donors (Lipinski definition) is 0. The molecule has 7 heterocycles. The molecule has 0 aromatic carbocycles. The largest absolute Gasteiger partial charge is 0.374 e. The van der Waals surface area contributed by atoms with Crippen molar-refractivity contribution in [3.8, 4) is 0 Å². The molecule has 0 unspecified atom stereocenters. The number of aromatic nitrogens is 1. The third-order valence-corrected chi connectivity index (χ3v) is 8.32. The summed E-state index contributed by atoms with van der Waals surface area (Å²) < 4.78 is 12.4. The van der Waals surface area contributed by atoms with Crippen molar-refractivity contribution < 1.29 is 19.1 Å². The molecule has 7 rings (SSSR count). The predicted molar refractivity (Wildman–Crippen MR) is 105 cm³/mol. The summed E-state index contributed by atoms with van der Waals surface area (Å²) in [4.78, 5) is 35.1. The number of nitrogens with zero attached hydrogens (tertiary/aromatic N) is 3. The second kappa shape index (κ2) is 5.92. The molecule has 1 aromatic heterocycles. The quantitative estimate of drug-likeness (QED) is 0.699. The molecule has 5 saturated heterocycles. The van der Waals surface area contributed by atoms with E-state index in [-0.39, 0.29) is 17.9 Å². The van der Waals surface area contributed by atoms with E-state index in [0.717, 1.165) is 31.5 Å². The number of ether oxygens (including phenoxy) is 2. The SMILES string of the molecule is O=C([C@H]1[C@@H]2C=C[C@@]3(CN(Cc4cccnc4)C(=O)[C@@H]13)O2)N1C[C@@H]2[C@H](C1)[C@H]1CC[C@@H]2O1. The third kappa shape index (κ3) is 2.20. The average Bonchev–Trinajstić information content (AvgIpc) is 3.56. The highest BCUT2D eigenvalue weighted by Crippen LogP contribution is 2.54. The van der Waals surface area contributed by atoms with E-state index in [1.165, 1.54) is 0 Å². The van der Waals surface area contributed by atoms with Gasteiger partial charge in [0.15, 0.2) is 0 Å². The number of carbonyl (C=O) groups excluding carboxylic acids is 2. The first-order valence-electron chi connectivity index (χ1n) is 11.1. The average molecular weight is 407 g/mol. The Morgan fingerprint density at radius 3 is 2.77 bits per heavy atom. The molecule has 0 radical (unpaired) electrons. The van der Waals surface area contributed by atoms with E-state index in [2.05, 4.69) is 4.98 Å². The monoisotopic (exact) mass is 407 g/mol. The van der Waals surface area contributed by atoms with Crippen LogP contribution in [0.15, 0.2) is 36.7 Å². The number of likely N-dealkylation sites (tertiary alicyclic amines) is 2. The zero-order chi connectivity index (χ0) is 20.0. The van der Waals surface area contributed by atoms with Crippen molar-refractivity contribution in [1.82, 2.24) is 14.8 Å². The molecule has 0 N–H and O–H groups in total. The van der Waals surface area contributed by atoms with Crippen LogP contribution < -0.4 is 0 Å². The van der Waals surface area contributed by atoms with E-state index in [0.29, 0.717) is 37.1 Å². The van der Waals surface area contributed by atoms with Gasteiger partial charge in [0.25, 0.3) is 0 Å². The minimum absolute atomic E-state index is 0.0341. The van der Waals surface area contributed by atoms with Gasteiger partial charge in [-0.1, -0.05) is 18.2 Å². The van der Waals surface area contributed by atoms with Crippen molar-refractivity contribution in [2.24, 2.45) is 23.7 Å². The number of carbonyl (C=O) groups is 2. The molecule has 156 valence electrons. The summed E-state index contributed by atoms with van der Waals surface area (Å²) in [5, 5.41) is 0. The van der Waals surface area contributed by atoms with Crippen molar-refractivity contribution in [2.75, 3.05) is 19.6 Å². The second-order valence-electron chi connectivity index (χ2n) is 9.82. The Bertz CT molecular complexity index is 933. The lowest BCUT2D eigenvalue weighted by molar-refractivity contribution is -0.143. The number of amides is 2. The zero-order valence-electron chi connectivity index (χ0n) is 16.7. The maximum Gasteiger partial charge on any atom is 0.230 e. The van der Waals surface area contributed by atoms with Gasteiger partial charge in [0, 0.05) is 43.9 Å². The fourth-order valence-corrected chi connectivity index (χ4v) is 7.06. The van der Waals surface area contributed by atoms with E-state index >= 15 is 0 Å². The van der Waals surface area contributed by atoms with Crippen LogP contribution in [0.3, 0.4) is 0 Å². The molecule has 6 aliphatic rings. The van der Waals surface area contributed by atoms with E-state index < -0.39 is 17.4 Å². The van der Waals surface area contributed by atoms with E-state index in [4.69, 9.17) is 9.47 Å². The second-order valence-corrected chi connectivity index (χ2v) is 9.82. The van der Waals surface area contributed by atoms with Crippen LogP contribution in [-0.4, -0.2) is 70.1 Å². The summed E-state index contributed by atoms with van der Waals surface area (Å²) in [6.07, 6.45) is 10.2. The number of pyridine rings is 1. The van der Waals surface area contributed by atoms with Crippen LogP contribution in [0, 0.1) is 23.7 Å². The summed E-state index contributed by atoms with van der Waals surface area (Å²) in [7, 11) is 0. The summed E-state index contributed by atoms with van der Waals surface area (Å²) in [5.41, 5.74) is 0.341. The van der Waals surface area contributed by atoms with Crippen molar-refractivity contribution >= 4 is 11.8 Å². The van der Waals surface area contributed by atoms with Gasteiger partial charge in [-0.3, -0.25) is 14.6 Å². The Hall–Kier alpha value is -2.25. The van der Waals surface area contributed by atoms with Crippen LogP contribution in [0.25, 0.3) is 0 Å². The molecular formula is C23H25N3O4. The smallest absolute Gasteiger partial charge is 0.230 e. The maximum absolute atomic E-state index is 13.6. The van der Waals surface area contributed by atoms with Crippen LogP contribution in [0.5, 0.6) is 0 Å². The van der Waals surface area contributed by atoms with Gasteiger partial charge in [-0.25, -0.2) is 0 Å². The van der Waals surface area contributed by atoms with E-state index in [1.807, 2.05) is 34.1 Å². The first-order chi connectivity index (χ1) is 14.6. The first kappa shape index (κ1) is 17.4. The van der Waals surface area contributed by atoms with Crippen molar-refractivity contribution in [1.29, 1.82) is 0 Å². The topological polar surface area (TPSA) is 72.0 Å². The molecule has 1 aromatic rings. The van der Waals surface area contributed by atoms with Gasteiger partial charge >= 0.3 is 0 Å².